The molecule has 0 aliphatic heterocycles. The minimum Gasteiger partial charge on any atom is -0.496 e. The molecule has 0 atom stereocenters. The van der Waals surface area contributed by atoms with Crippen molar-refractivity contribution in [3.8, 4) is 11.5 Å². The normalized spacial score (nSPS) is 13.5. The summed E-state index contributed by atoms with van der Waals surface area (Å²) in [6.45, 7) is 4.76. The highest BCUT2D eigenvalue weighted by Crippen LogP contribution is 2.44. The number of ketones is 2. The van der Waals surface area contributed by atoms with Crippen LogP contribution in [-0.2, 0) is 0 Å². The van der Waals surface area contributed by atoms with Gasteiger partial charge in [0, 0.05) is 21.1 Å². The van der Waals surface area contributed by atoms with Crippen molar-refractivity contribution in [3.63, 3.8) is 0 Å². The molecule has 0 saturated carbocycles. The van der Waals surface area contributed by atoms with E-state index in [1.807, 2.05) is 0 Å². The molecule has 0 aromatic heterocycles. The first-order valence-electron chi connectivity index (χ1n) is 9.91. The molecule has 1 aliphatic rings. The van der Waals surface area contributed by atoms with Gasteiger partial charge >= 0.3 is 0 Å². The first-order valence-corrected chi connectivity index (χ1v) is 11.5. The van der Waals surface area contributed by atoms with Gasteiger partial charge in [0.15, 0.2) is 5.78 Å². The van der Waals surface area contributed by atoms with Crippen LogP contribution in [0.4, 0.5) is 0 Å². The monoisotopic (exact) mass is 563 g/mol. The largest absolute Gasteiger partial charge is 0.496 e. The van der Waals surface area contributed by atoms with Crippen molar-refractivity contribution in [3.05, 3.63) is 55.0 Å². The van der Waals surface area contributed by atoms with Crippen LogP contribution in [0.2, 0.25) is 0 Å². The van der Waals surface area contributed by atoms with E-state index in [1.165, 1.54) is 20.4 Å². The molecule has 0 heterocycles. The molecule has 0 spiro atoms. The maximum absolute atomic E-state index is 13.7. The number of fused-ring (bicyclic) bond motifs is 2. The summed E-state index contributed by atoms with van der Waals surface area (Å²) < 4.78 is 12.0. The maximum Gasteiger partial charge on any atom is 0.202 e. The van der Waals surface area contributed by atoms with Crippen molar-refractivity contribution in [2.45, 2.75) is 20.3 Å². The second kappa shape index (κ2) is 9.95. The van der Waals surface area contributed by atoms with E-state index in [2.05, 4.69) is 55.8 Å². The Bertz CT molecular complexity index is 1160. The van der Waals surface area contributed by atoms with Crippen molar-refractivity contribution in [2.24, 2.45) is 21.9 Å². The molecule has 0 radical (unpaired) electrons. The van der Waals surface area contributed by atoms with Crippen LogP contribution >= 0.6 is 31.9 Å². The SMILES string of the molecule is COc1ccc(Br)c2c1C(=O)c1c(OC)c(C(C=NN)=NCCC(C)C)cc(Br)c1C2=O. The van der Waals surface area contributed by atoms with Crippen LogP contribution in [0, 0.1) is 5.92 Å². The molecule has 2 aromatic carbocycles. The van der Waals surface area contributed by atoms with Gasteiger partial charge in [0.25, 0.3) is 0 Å². The van der Waals surface area contributed by atoms with Crippen LogP contribution in [0.3, 0.4) is 0 Å². The lowest BCUT2D eigenvalue weighted by atomic mass is 9.81. The molecule has 0 bridgehead atoms. The van der Waals surface area contributed by atoms with Crippen LogP contribution in [0.15, 0.2) is 37.2 Å². The first kappa shape index (κ1) is 24.1. The Morgan fingerprint density at radius 3 is 2.28 bits per heavy atom. The van der Waals surface area contributed by atoms with Crippen molar-refractivity contribution in [2.75, 3.05) is 20.8 Å². The number of aliphatic imine (C=N–C) groups is 1. The third-order valence-corrected chi connectivity index (χ3v) is 6.43. The van der Waals surface area contributed by atoms with E-state index in [9.17, 15) is 9.59 Å². The van der Waals surface area contributed by atoms with Gasteiger partial charge in [-0.2, -0.15) is 5.10 Å². The number of nitrogens with two attached hydrogens (primary N) is 1. The fraction of sp³-hybridized carbons (Fsp3) is 0.304. The van der Waals surface area contributed by atoms with E-state index in [-0.39, 0.29) is 39.6 Å². The lowest BCUT2D eigenvalue weighted by Crippen LogP contribution is -2.25. The van der Waals surface area contributed by atoms with Crippen molar-refractivity contribution in [1.82, 2.24) is 0 Å². The number of ether oxygens (including phenoxy) is 2. The van der Waals surface area contributed by atoms with Gasteiger partial charge < -0.3 is 15.3 Å². The zero-order valence-corrected chi connectivity index (χ0v) is 21.3. The summed E-state index contributed by atoms with van der Waals surface area (Å²) in [5, 5.41) is 3.63. The molecule has 0 fully saturated rings. The average molecular weight is 565 g/mol. The van der Waals surface area contributed by atoms with E-state index < -0.39 is 0 Å². The molecule has 0 amide bonds. The van der Waals surface area contributed by atoms with Crippen LogP contribution in [-0.4, -0.2) is 44.3 Å². The maximum atomic E-state index is 13.7. The van der Waals surface area contributed by atoms with Gasteiger partial charge in [0.1, 0.15) is 11.5 Å². The summed E-state index contributed by atoms with van der Waals surface area (Å²) >= 11 is 6.88. The van der Waals surface area contributed by atoms with E-state index in [1.54, 1.807) is 18.2 Å². The molecule has 32 heavy (non-hydrogen) atoms. The van der Waals surface area contributed by atoms with Crippen molar-refractivity contribution in [1.29, 1.82) is 0 Å². The summed E-state index contributed by atoms with van der Waals surface area (Å²) in [4.78, 5) is 31.8. The van der Waals surface area contributed by atoms with E-state index >= 15 is 0 Å². The lowest BCUT2D eigenvalue weighted by molar-refractivity contribution is 0.0972. The Morgan fingerprint density at radius 2 is 1.69 bits per heavy atom. The van der Waals surface area contributed by atoms with Gasteiger partial charge in [-0.3, -0.25) is 14.6 Å². The summed E-state index contributed by atoms with van der Waals surface area (Å²) in [7, 11) is 2.90. The first-order chi connectivity index (χ1) is 15.3. The third kappa shape index (κ3) is 4.23. The number of benzene rings is 2. The second-order valence-corrected chi connectivity index (χ2v) is 9.28. The van der Waals surface area contributed by atoms with Gasteiger partial charge in [-0.15, -0.1) is 0 Å². The van der Waals surface area contributed by atoms with Gasteiger partial charge in [-0.25, -0.2) is 0 Å². The molecule has 2 N–H and O–H groups in total. The summed E-state index contributed by atoms with van der Waals surface area (Å²) in [6.07, 6.45) is 2.28. The third-order valence-electron chi connectivity index (χ3n) is 5.14. The minimum absolute atomic E-state index is 0.146. The number of nitrogens with zero attached hydrogens (tertiary/aromatic N) is 2. The molecule has 7 nitrogen and oxygen atoms in total. The van der Waals surface area contributed by atoms with E-state index in [0.29, 0.717) is 38.4 Å². The van der Waals surface area contributed by atoms with Crippen LogP contribution in [0.1, 0.15) is 57.7 Å². The smallest absolute Gasteiger partial charge is 0.202 e. The number of rotatable bonds is 7. The number of carbonyl (C=O) groups excluding carboxylic acids is 2. The lowest BCUT2D eigenvalue weighted by Gasteiger charge is -2.24. The number of hydrogen-bond donors (Lipinski definition) is 1. The predicted molar refractivity (Wildman–Crippen MR) is 132 cm³/mol. The summed E-state index contributed by atoms with van der Waals surface area (Å²) in [6, 6.07) is 5.03. The predicted octanol–water partition coefficient (Wildman–Crippen LogP) is 4.78. The molecule has 3 rings (SSSR count). The van der Waals surface area contributed by atoms with E-state index in [0.717, 1.165) is 6.42 Å². The van der Waals surface area contributed by atoms with Crippen LogP contribution in [0.25, 0.3) is 0 Å². The second-order valence-electron chi connectivity index (χ2n) is 7.57. The fourth-order valence-corrected chi connectivity index (χ4v) is 4.73. The Kier molecular flexibility index (Phi) is 7.51. The van der Waals surface area contributed by atoms with Crippen molar-refractivity contribution < 1.29 is 19.1 Å². The highest BCUT2D eigenvalue weighted by molar-refractivity contribution is 9.11. The minimum atomic E-state index is -0.377. The molecule has 9 heteroatoms. The Hall–Kier alpha value is -2.52. The highest BCUT2D eigenvalue weighted by atomic mass is 79.9. The number of carbonyl (C=O) groups is 2. The van der Waals surface area contributed by atoms with Gasteiger partial charge in [-0.05, 0) is 46.5 Å². The molecule has 0 unspecified atom stereocenters. The number of hydrogen-bond acceptors (Lipinski definition) is 7. The van der Waals surface area contributed by atoms with Crippen LogP contribution < -0.4 is 15.3 Å². The average Bonchev–Trinajstić information content (AvgIpc) is 2.75. The van der Waals surface area contributed by atoms with Gasteiger partial charge in [-0.1, -0.05) is 29.8 Å². The fourth-order valence-electron chi connectivity index (χ4n) is 3.61. The van der Waals surface area contributed by atoms with E-state index in [4.69, 9.17) is 15.3 Å². The standard InChI is InChI=1S/C23H23Br2N3O4/c1-11(2)7-8-27-15(10-28-26)12-9-14(25)18-20(23(12)32-4)22(30)19-16(31-3)6-5-13(24)17(19)21(18)29/h5-6,9-11H,7-8,26H2,1-4H3. The number of hydrazone groups is 1. The summed E-state index contributed by atoms with van der Waals surface area (Å²) in [5.74, 6) is 5.74. The van der Waals surface area contributed by atoms with Gasteiger partial charge in [0.2, 0.25) is 5.78 Å². The Morgan fingerprint density at radius 1 is 1.03 bits per heavy atom. The Labute approximate surface area is 203 Å². The topological polar surface area (TPSA) is 103 Å². The molecule has 168 valence electrons. The molecule has 1 aliphatic carbocycles. The summed E-state index contributed by atoms with van der Waals surface area (Å²) in [5.41, 5.74) is 1.78. The highest BCUT2D eigenvalue weighted by Gasteiger charge is 2.39. The molecular weight excluding hydrogens is 542 g/mol. The quantitative estimate of drug-likeness (QED) is 0.252. The zero-order chi connectivity index (χ0) is 23.6. The molecule has 2 aromatic rings. The number of methoxy groups -OCH3 is 2. The van der Waals surface area contributed by atoms with Gasteiger partial charge in [0.05, 0.1) is 48.4 Å². The number of halogens is 2. The zero-order valence-electron chi connectivity index (χ0n) is 18.2. The molecular formula is C23H23Br2N3O4. The van der Waals surface area contributed by atoms with Crippen molar-refractivity contribution >= 4 is 55.4 Å². The Balaban J connectivity index is 2.31. The van der Waals surface area contributed by atoms with Crippen LogP contribution in [0.5, 0.6) is 11.5 Å². The molecule has 0 saturated heterocycles.